The van der Waals surface area contributed by atoms with E-state index in [1.807, 2.05) is 0 Å². The highest BCUT2D eigenvalue weighted by Gasteiger charge is 2.20. The van der Waals surface area contributed by atoms with Gasteiger partial charge >= 0.3 is 0 Å². The molecule has 0 unspecified atom stereocenters. The Morgan fingerprint density at radius 1 is 1.28 bits per heavy atom. The smallest absolute Gasteiger partial charge is 0.272 e. The molecule has 0 radical (unpaired) electrons. The van der Waals surface area contributed by atoms with Gasteiger partial charge in [0, 0.05) is 12.2 Å². The molecule has 0 atom stereocenters. The van der Waals surface area contributed by atoms with Crippen LogP contribution in [-0.2, 0) is 26.1 Å². The van der Waals surface area contributed by atoms with Crippen molar-refractivity contribution in [3.63, 3.8) is 0 Å². The predicted octanol–water partition coefficient (Wildman–Crippen LogP) is -0.443. The number of hydroxylamine groups is 1. The van der Waals surface area contributed by atoms with Crippen LogP contribution in [-0.4, -0.2) is 38.4 Å². The molecule has 12 heteroatoms. The second-order valence-corrected chi connectivity index (χ2v) is 7.67. The highest BCUT2D eigenvalue weighted by Crippen LogP contribution is 2.17. The van der Waals surface area contributed by atoms with Gasteiger partial charge in [0.2, 0.25) is 11.9 Å². The standard InChI is InChI=1S/C17H22N6O5S/c1-11-9-12(10-14(24)20-7-8-28-22-17(18)19)15(16(25)21-11)23-29(26,27)13-5-3-2-4-6-13/h2-6,9,23H,7-8,10H2,1H3,(H,20,24)(H,21,25)(H4,18,19,22). The maximum absolute atomic E-state index is 12.6. The molecule has 0 spiro atoms. The number of guanidine groups is 1. The first-order valence-electron chi connectivity index (χ1n) is 8.48. The number of aryl methyl sites for hydroxylation is 1. The zero-order valence-electron chi connectivity index (χ0n) is 15.6. The van der Waals surface area contributed by atoms with E-state index in [1.165, 1.54) is 18.2 Å². The number of carbonyl (C=O) groups is 1. The monoisotopic (exact) mass is 422 g/mol. The molecule has 2 aromatic rings. The molecule has 0 fully saturated rings. The van der Waals surface area contributed by atoms with Crippen LogP contribution in [0, 0.1) is 12.3 Å². The third-order valence-electron chi connectivity index (χ3n) is 3.60. The lowest BCUT2D eigenvalue weighted by atomic mass is 10.1. The molecule has 1 aromatic carbocycles. The highest BCUT2D eigenvalue weighted by atomic mass is 32.2. The van der Waals surface area contributed by atoms with Crippen LogP contribution in [0.15, 0.2) is 46.1 Å². The molecule has 0 aliphatic carbocycles. The molecule has 0 aliphatic rings. The molecule has 1 aromatic heterocycles. The Bertz CT molecular complexity index is 1040. The topological polar surface area (TPSA) is 179 Å². The van der Waals surface area contributed by atoms with Crippen molar-refractivity contribution in [3.05, 3.63) is 58.0 Å². The third kappa shape index (κ3) is 6.62. The van der Waals surface area contributed by atoms with Crippen LogP contribution in [0.3, 0.4) is 0 Å². The summed E-state index contributed by atoms with van der Waals surface area (Å²) >= 11 is 0. The van der Waals surface area contributed by atoms with Gasteiger partial charge in [0.25, 0.3) is 15.6 Å². The maximum Gasteiger partial charge on any atom is 0.272 e. The highest BCUT2D eigenvalue weighted by molar-refractivity contribution is 7.92. The van der Waals surface area contributed by atoms with Gasteiger partial charge in [-0.25, -0.2) is 13.9 Å². The lowest BCUT2D eigenvalue weighted by Crippen LogP contribution is -2.35. The first kappa shape index (κ1) is 21.9. The average molecular weight is 422 g/mol. The average Bonchev–Trinajstić information content (AvgIpc) is 2.65. The second kappa shape index (κ2) is 9.71. The number of pyridine rings is 1. The van der Waals surface area contributed by atoms with Crippen LogP contribution in [0.25, 0.3) is 0 Å². The van der Waals surface area contributed by atoms with Gasteiger partial charge in [0.1, 0.15) is 5.69 Å². The van der Waals surface area contributed by atoms with Gasteiger partial charge in [-0.15, -0.1) is 0 Å². The van der Waals surface area contributed by atoms with Crippen molar-refractivity contribution in [2.75, 3.05) is 17.9 Å². The Morgan fingerprint density at radius 2 is 1.97 bits per heavy atom. The third-order valence-corrected chi connectivity index (χ3v) is 4.96. The van der Waals surface area contributed by atoms with Gasteiger partial charge in [-0.1, -0.05) is 18.2 Å². The number of H-pyrrole nitrogens is 1. The molecular formula is C17H22N6O5S. The van der Waals surface area contributed by atoms with Crippen molar-refractivity contribution in [1.29, 1.82) is 5.41 Å². The summed E-state index contributed by atoms with van der Waals surface area (Å²) in [6.45, 7) is 1.79. The molecule has 7 N–H and O–H groups in total. The summed E-state index contributed by atoms with van der Waals surface area (Å²) in [5.41, 5.74) is 7.01. The van der Waals surface area contributed by atoms with Crippen LogP contribution in [0.1, 0.15) is 11.3 Å². The molecule has 0 bridgehead atoms. The van der Waals surface area contributed by atoms with Gasteiger partial charge in [-0.05, 0) is 30.7 Å². The van der Waals surface area contributed by atoms with E-state index in [4.69, 9.17) is 16.0 Å². The number of aromatic nitrogens is 1. The van der Waals surface area contributed by atoms with E-state index in [2.05, 4.69) is 20.5 Å². The molecule has 0 saturated carbocycles. The van der Waals surface area contributed by atoms with Crippen LogP contribution in [0.4, 0.5) is 5.69 Å². The van der Waals surface area contributed by atoms with Crippen LogP contribution in [0.5, 0.6) is 0 Å². The van der Waals surface area contributed by atoms with Crippen molar-refractivity contribution in [2.24, 2.45) is 5.73 Å². The number of sulfonamides is 1. The molecule has 29 heavy (non-hydrogen) atoms. The van der Waals surface area contributed by atoms with E-state index < -0.39 is 21.5 Å². The number of nitrogens with two attached hydrogens (primary N) is 1. The van der Waals surface area contributed by atoms with Crippen LogP contribution in [0.2, 0.25) is 0 Å². The van der Waals surface area contributed by atoms with Gasteiger partial charge < -0.3 is 16.0 Å². The molecule has 0 saturated heterocycles. The molecule has 11 nitrogen and oxygen atoms in total. The number of rotatable bonds is 9. The number of nitrogens with one attached hydrogen (secondary N) is 5. The van der Waals surface area contributed by atoms with E-state index >= 15 is 0 Å². The zero-order valence-corrected chi connectivity index (χ0v) is 16.4. The molecule has 2 rings (SSSR count). The fraction of sp³-hybridized carbons (Fsp3) is 0.235. The lowest BCUT2D eigenvalue weighted by molar-refractivity contribution is -0.120. The number of carbonyl (C=O) groups excluding carboxylic acids is 1. The van der Waals surface area contributed by atoms with E-state index in [9.17, 15) is 18.0 Å². The van der Waals surface area contributed by atoms with Crippen molar-refractivity contribution in [2.45, 2.75) is 18.2 Å². The Labute approximate surface area is 167 Å². The molecular weight excluding hydrogens is 400 g/mol. The Balaban J connectivity index is 2.13. The van der Waals surface area contributed by atoms with Crippen molar-refractivity contribution in [3.8, 4) is 0 Å². The first-order chi connectivity index (χ1) is 13.7. The summed E-state index contributed by atoms with van der Waals surface area (Å²) in [7, 11) is -4.00. The summed E-state index contributed by atoms with van der Waals surface area (Å²) in [5, 5.41) is 9.49. The van der Waals surface area contributed by atoms with Gasteiger partial charge in [0.05, 0.1) is 17.9 Å². The Morgan fingerprint density at radius 3 is 2.62 bits per heavy atom. The maximum atomic E-state index is 12.6. The molecule has 1 heterocycles. The Kier molecular flexibility index (Phi) is 7.33. The SMILES string of the molecule is Cc1cc(CC(=O)NCCONC(=N)N)c(NS(=O)(=O)c2ccccc2)c(=O)[nH]1. The zero-order chi connectivity index (χ0) is 21.4. The van der Waals surface area contributed by atoms with Gasteiger partial charge in [-0.2, -0.15) is 0 Å². The molecule has 1 amide bonds. The van der Waals surface area contributed by atoms with Gasteiger partial charge in [-0.3, -0.25) is 24.6 Å². The molecule has 0 aliphatic heterocycles. The number of hydrogen-bond acceptors (Lipinski definition) is 6. The van der Waals surface area contributed by atoms with Crippen molar-refractivity contribution in [1.82, 2.24) is 15.8 Å². The van der Waals surface area contributed by atoms with E-state index in [0.717, 1.165) is 0 Å². The minimum atomic E-state index is -4.00. The first-order valence-corrected chi connectivity index (χ1v) is 9.96. The summed E-state index contributed by atoms with van der Waals surface area (Å²) in [5.74, 6) is -0.813. The number of hydrogen-bond donors (Lipinski definition) is 6. The fourth-order valence-corrected chi connectivity index (χ4v) is 3.53. The van der Waals surface area contributed by atoms with E-state index in [0.29, 0.717) is 5.69 Å². The Hall–Kier alpha value is -3.38. The fourth-order valence-electron chi connectivity index (χ4n) is 2.41. The minimum absolute atomic E-state index is 0.00880. The molecule has 156 valence electrons. The number of benzene rings is 1. The summed E-state index contributed by atoms with van der Waals surface area (Å²) < 4.78 is 27.4. The second-order valence-electron chi connectivity index (χ2n) is 5.99. The number of aromatic amines is 1. The summed E-state index contributed by atoms with van der Waals surface area (Å²) in [4.78, 5) is 31.8. The van der Waals surface area contributed by atoms with Crippen LogP contribution < -0.4 is 26.8 Å². The van der Waals surface area contributed by atoms with Gasteiger partial charge in [0.15, 0.2) is 0 Å². The van der Waals surface area contributed by atoms with Crippen LogP contribution >= 0.6 is 0 Å². The predicted molar refractivity (Wildman–Crippen MR) is 107 cm³/mol. The summed E-state index contributed by atoms with van der Waals surface area (Å²) in [6.07, 6.45) is -0.225. The van der Waals surface area contributed by atoms with Crippen molar-refractivity contribution < 1.29 is 18.0 Å². The van der Waals surface area contributed by atoms with E-state index in [1.54, 1.807) is 25.1 Å². The summed E-state index contributed by atoms with van der Waals surface area (Å²) in [6, 6.07) is 9.11. The van der Waals surface area contributed by atoms with Crippen molar-refractivity contribution >= 4 is 27.6 Å². The normalized spacial score (nSPS) is 10.9. The number of anilines is 1. The lowest BCUT2D eigenvalue weighted by Gasteiger charge is -2.13. The largest absolute Gasteiger partial charge is 0.368 e. The minimum Gasteiger partial charge on any atom is -0.368 e. The number of amides is 1. The quantitative estimate of drug-likeness (QED) is 0.137. The van der Waals surface area contributed by atoms with E-state index in [-0.39, 0.29) is 41.7 Å².